The zero-order valence-electron chi connectivity index (χ0n) is 15.1. The van der Waals surface area contributed by atoms with Crippen molar-refractivity contribution in [3.05, 3.63) is 71.8 Å². The minimum atomic E-state index is -1.51. The standard InChI is InChI=1S/C21H19NO6/c1-21(13-22)17(28-19(24)15-10-6-3-7-11-15)16(27-20(21)25)12-26-18(23)14-8-4-2-5-9-14/h2-11,16-17,20,25H,12H2,1H3/t16-,17-,20?,21-/m1/s1. The Morgan fingerprint density at radius 1 is 1.07 bits per heavy atom. The number of hydrogen-bond acceptors (Lipinski definition) is 7. The summed E-state index contributed by atoms with van der Waals surface area (Å²) in [7, 11) is 0. The van der Waals surface area contributed by atoms with Crippen molar-refractivity contribution in [1.29, 1.82) is 5.26 Å². The lowest BCUT2D eigenvalue weighted by Crippen LogP contribution is -2.42. The fourth-order valence-electron chi connectivity index (χ4n) is 2.92. The van der Waals surface area contributed by atoms with E-state index >= 15 is 0 Å². The number of nitrogens with zero attached hydrogens (tertiary/aromatic N) is 1. The van der Waals surface area contributed by atoms with Crippen LogP contribution < -0.4 is 0 Å². The maximum absolute atomic E-state index is 12.4. The van der Waals surface area contributed by atoms with Gasteiger partial charge in [-0.3, -0.25) is 0 Å². The first kappa shape index (κ1) is 19.5. The molecule has 28 heavy (non-hydrogen) atoms. The van der Waals surface area contributed by atoms with Crippen LogP contribution in [0.3, 0.4) is 0 Å². The number of ether oxygens (including phenoxy) is 3. The van der Waals surface area contributed by atoms with Crippen LogP contribution in [0, 0.1) is 16.7 Å². The normalized spacial score (nSPS) is 26.2. The van der Waals surface area contributed by atoms with E-state index in [0.717, 1.165) is 0 Å². The molecule has 1 heterocycles. The number of carbonyl (C=O) groups excluding carboxylic acids is 2. The van der Waals surface area contributed by atoms with Gasteiger partial charge >= 0.3 is 11.9 Å². The van der Waals surface area contributed by atoms with E-state index in [9.17, 15) is 20.0 Å². The molecule has 0 aliphatic carbocycles. The summed E-state index contributed by atoms with van der Waals surface area (Å²) in [6.45, 7) is 1.15. The molecule has 0 amide bonds. The van der Waals surface area contributed by atoms with Crippen molar-refractivity contribution in [2.24, 2.45) is 5.41 Å². The molecular weight excluding hydrogens is 362 g/mol. The SMILES string of the molecule is C[C@]1(C#N)C(O)O[C@H](COC(=O)c2ccccc2)[C@H]1OC(=O)c1ccccc1. The lowest BCUT2D eigenvalue weighted by Gasteiger charge is -2.26. The topological polar surface area (TPSA) is 106 Å². The Morgan fingerprint density at radius 2 is 1.61 bits per heavy atom. The third-order valence-electron chi connectivity index (χ3n) is 4.62. The molecule has 1 aliphatic rings. The average Bonchev–Trinajstić information content (AvgIpc) is 2.98. The van der Waals surface area contributed by atoms with E-state index < -0.39 is 35.9 Å². The van der Waals surface area contributed by atoms with Gasteiger partial charge in [0.05, 0.1) is 17.2 Å². The number of hydrogen-bond donors (Lipinski definition) is 1. The summed E-state index contributed by atoms with van der Waals surface area (Å²) in [4.78, 5) is 24.6. The molecule has 1 unspecified atom stereocenters. The Labute approximate surface area is 162 Å². The molecule has 2 aromatic rings. The van der Waals surface area contributed by atoms with Crippen molar-refractivity contribution in [3.63, 3.8) is 0 Å². The monoisotopic (exact) mass is 381 g/mol. The molecule has 7 heteroatoms. The molecule has 7 nitrogen and oxygen atoms in total. The van der Waals surface area contributed by atoms with Crippen LogP contribution in [-0.2, 0) is 14.2 Å². The lowest BCUT2D eigenvalue weighted by molar-refractivity contribution is -0.127. The molecule has 4 atom stereocenters. The van der Waals surface area contributed by atoms with Crippen LogP contribution in [0.25, 0.3) is 0 Å². The minimum absolute atomic E-state index is 0.283. The quantitative estimate of drug-likeness (QED) is 0.792. The van der Waals surface area contributed by atoms with Crippen LogP contribution in [0.4, 0.5) is 0 Å². The Hall–Kier alpha value is -3.21. The van der Waals surface area contributed by atoms with Crippen molar-refractivity contribution in [1.82, 2.24) is 0 Å². The van der Waals surface area contributed by atoms with Gasteiger partial charge in [-0.15, -0.1) is 0 Å². The highest BCUT2D eigenvalue weighted by Gasteiger charge is 2.56. The van der Waals surface area contributed by atoms with Crippen molar-refractivity contribution in [2.45, 2.75) is 25.4 Å². The Kier molecular flexibility index (Phi) is 5.73. The largest absolute Gasteiger partial charge is 0.459 e. The second-order valence-electron chi connectivity index (χ2n) is 6.58. The second kappa shape index (κ2) is 8.21. The fraction of sp³-hybridized carbons (Fsp3) is 0.286. The van der Waals surface area contributed by atoms with Gasteiger partial charge in [0.1, 0.15) is 18.1 Å². The van der Waals surface area contributed by atoms with Gasteiger partial charge in [-0.2, -0.15) is 5.26 Å². The highest BCUT2D eigenvalue weighted by Crippen LogP contribution is 2.39. The van der Waals surface area contributed by atoms with Gasteiger partial charge in [-0.25, -0.2) is 9.59 Å². The van der Waals surface area contributed by atoms with E-state index in [-0.39, 0.29) is 6.61 Å². The van der Waals surface area contributed by atoms with E-state index in [2.05, 4.69) is 0 Å². The van der Waals surface area contributed by atoms with Gasteiger partial charge < -0.3 is 19.3 Å². The highest BCUT2D eigenvalue weighted by atomic mass is 16.7. The number of aliphatic hydroxyl groups excluding tert-OH is 1. The van der Waals surface area contributed by atoms with E-state index in [4.69, 9.17) is 14.2 Å². The van der Waals surface area contributed by atoms with Crippen molar-refractivity contribution in [3.8, 4) is 6.07 Å². The van der Waals surface area contributed by atoms with Crippen molar-refractivity contribution in [2.75, 3.05) is 6.61 Å². The Balaban J connectivity index is 1.74. The van der Waals surface area contributed by atoms with Crippen LogP contribution in [0.1, 0.15) is 27.6 Å². The first-order valence-corrected chi connectivity index (χ1v) is 8.68. The highest BCUT2D eigenvalue weighted by molar-refractivity contribution is 5.90. The molecular formula is C21H19NO6. The third kappa shape index (κ3) is 3.88. The summed E-state index contributed by atoms with van der Waals surface area (Å²) < 4.78 is 16.1. The van der Waals surface area contributed by atoms with Crippen LogP contribution in [0.15, 0.2) is 60.7 Å². The summed E-state index contributed by atoms with van der Waals surface area (Å²) in [5.41, 5.74) is -0.861. The number of aliphatic hydroxyl groups is 1. The maximum Gasteiger partial charge on any atom is 0.338 e. The maximum atomic E-state index is 12.4. The molecule has 0 spiro atoms. The second-order valence-corrected chi connectivity index (χ2v) is 6.58. The lowest BCUT2D eigenvalue weighted by atomic mass is 9.85. The summed E-state index contributed by atoms with van der Waals surface area (Å²) >= 11 is 0. The summed E-state index contributed by atoms with van der Waals surface area (Å²) in [5, 5.41) is 19.7. The molecule has 1 saturated heterocycles. The van der Waals surface area contributed by atoms with Gasteiger partial charge in [-0.1, -0.05) is 36.4 Å². The van der Waals surface area contributed by atoms with E-state index in [1.807, 2.05) is 6.07 Å². The van der Waals surface area contributed by atoms with Crippen LogP contribution in [-0.4, -0.2) is 42.1 Å². The predicted molar refractivity (Wildman–Crippen MR) is 97.0 cm³/mol. The van der Waals surface area contributed by atoms with Gasteiger partial charge in [-0.05, 0) is 31.2 Å². The average molecular weight is 381 g/mol. The molecule has 1 N–H and O–H groups in total. The minimum Gasteiger partial charge on any atom is -0.459 e. The van der Waals surface area contributed by atoms with Crippen LogP contribution in [0.5, 0.6) is 0 Å². The first-order chi connectivity index (χ1) is 13.5. The van der Waals surface area contributed by atoms with Gasteiger partial charge in [0.25, 0.3) is 0 Å². The zero-order chi connectivity index (χ0) is 20.1. The summed E-state index contributed by atoms with van der Waals surface area (Å²) in [5.74, 6) is -1.25. The summed E-state index contributed by atoms with van der Waals surface area (Å²) in [6.07, 6.45) is -3.60. The molecule has 1 aliphatic heterocycles. The van der Waals surface area contributed by atoms with E-state index in [1.54, 1.807) is 60.7 Å². The molecule has 0 radical (unpaired) electrons. The smallest absolute Gasteiger partial charge is 0.338 e. The molecule has 0 saturated carbocycles. The predicted octanol–water partition coefficient (Wildman–Crippen LogP) is 2.32. The van der Waals surface area contributed by atoms with Crippen molar-refractivity contribution >= 4 is 11.9 Å². The van der Waals surface area contributed by atoms with Crippen molar-refractivity contribution < 1.29 is 28.9 Å². The molecule has 2 aromatic carbocycles. The fourth-order valence-corrected chi connectivity index (χ4v) is 2.92. The number of esters is 2. The number of rotatable bonds is 5. The van der Waals surface area contributed by atoms with E-state index in [1.165, 1.54) is 6.92 Å². The number of benzene rings is 2. The van der Waals surface area contributed by atoms with Crippen LogP contribution >= 0.6 is 0 Å². The van der Waals surface area contributed by atoms with Gasteiger partial charge in [0.2, 0.25) is 0 Å². The molecule has 1 fully saturated rings. The molecule has 3 rings (SSSR count). The number of nitriles is 1. The zero-order valence-corrected chi connectivity index (χ0v) is 15.1. The number of carbonyl (C=O) groups is 2. The first-order valence-electron chi connectivity index (χ1n) is 8.68. The van der Waals surface area contributed by atoms with Gasteiger partial charge in [0.15, 0.2) is 12.4 Å². The van der Waals surface area contributed by atoms with E-state index in [0.29, 0.717) is 11.1 Å². The van der Waals surface area contributed by atoms with Gasteiger partial charge in [0, 0.05) is 0 Å². The Bertz CT molecular complexity index is 879. The molecule has 144 valence electrons. The molecule has 0 aromatic heterocycles. The summed E-state index contributed by atoms with van der Waals surface area (Å²) in [6, 6.07) is 18.6. The molecule has 0 bridgehead atoms. The Morgan fingerprint density at radius 3 is 2.14 bits per heavy atom. The third-order valence-corrected chi connectivity index (χ3v) is 4.62. The van der Waals surface area contributed by atoms with Crippen LogP contribution in [0.2, 0.25) is 0 Å².